The second kappa shape index (κ2) is 3.97. The van der Waals surface area contributed by atoms with Gasteiger partial charge in [-0.05, 0) is 26.2 Å². The highest BCUT2D eigenvalue weighted by atomic mass is 16.5. The summed E-state index contributed by atoms with van der Waals surface area (Å²) in [4.78, 5) is 13.5. The summed E-state index contributed by atoms with van der Waals surface area (Å²) in [5, 5.41) is 0. The molecule has 1 fully saturated rings. The highest BCUT2D eigenvalue weighted by molar-refractivity contribution is 5.92. The van der Waals surface area contributed by atoms with Crippen molar-refractivity contribution in [1.29, 1.82) is 0 Å². The number of ether oxygens (including phenoxy) is 1. The summed E-state index contributed by atoms with van der Waals surface area (Å²) in [6.07, 6.45) is 5.67. The molecule has 0 bridgehead atoms. The summed E-state index contributed by atoms with van der Waals surface area (Å²) in [5.74, 6) is 0.273. The maximum absolute atomic E-state index is 11.2. The van der Waals surface area contributed by atoms with Crippen LogP contribution in [0.5, 0.6) is 0 Å². The van der Waals surface area contributed by atoms with E-state index in [0.29, 0.717) is 6.42 Å². The lowest BCUT2D eigenvalue weighted by Crippen LogP contribution is -2.46. The molecule has 3 heteroatoms. The molecule has 84 valence electrons. The Balaban J connectivity index is 2.05. The fourth-order valence-corrected chi connectivity index (χ4v) is 2.45. The lowest BCUT2D eigenvalue weighted by molar-refractivity contribution is -0.114. The zero-order valence-electron chi connectivity index (χ0n) is 9.58. The highest BCUT2D eigenvalue weighted by Gasteiger charge is 2.32. The summed E-state index contributed by atoms with van der Waals surface area (Å²) in [5.41, 5.74) is 1.17. The molecule has 0 N–H and O–H groups in total. The molecule has 2 rings (SSSR count). The largest absolute Gasteiger partial charge is 0.377 e. The fourth-order valence-electron chi connectivity index (χ4n) is 2.45. The van der Waals surface area contributed by atoms with Crippen molar-refractivity contribution >= 4 is 5.78 Å². The smallest absolute Gasteiger partial charge is 0.157 e. The average molecular weight is 209 g/mol. The Morgan fingerprint density at radius 1 is 1.47 bits per heavy atom. The van der Waals surface area contributed by atoms with Gasteiger partial charge in [-0.3, -0.25) is 4.79 Å². The fraction of sp³-hybridized carbons (Fsp3) is 0.750. The van der Waals surface area contributed by atoms with Gasteiger partial charge in [0.2, 0.25) is 0 Å². The summed E-state index contributed by atoms with van der Waals surface area (Å²) in [6, 6.07) is 0. The van der Waals surface area contributed by atoms with Crippen molar-refractivity contribution in [3.8, 4) is 0 Å². The standard InChI is InChI=1S/C12H19NO2/c1-12(15-2)6-3-7-13(9-12)10-4-5-11(14)8-10/h8H,3-7,9H2,1-2H3. The number of allylic oxidation sites excluding steroid dienone is 2. The van der Waals surface area contributed by atoms with Gasteiger partial charge >= 0.3 is 0 Å². The molecule has 0 amide bonds. The van der Waals surface area contributed by atoms with Crippen molar-refractivity contribution in [1.82, 2.24) is 4.90 Å². The lowest BCUT2D eigenvalue weighted by atomic mass is 9.94. The molecule has 3 nitrogen and oxygen atoms in total. The maximum Gasteiger partial charge on any atom is 0.157 e. The Labute approximate surface area is 91.1 Å². The minimum Gasteiger partial charge on any atom is -0.377 e. The van der Waals surface area contributed by atoms with Gasteiger partial charge in [-0.2, -0.15) is 0 Å². The van der Waals surface area contributed by atoms with Crippen LogP contribution in [0.25, 0.3) is 0 Å². The predicted octanol–water partition coefficient (Wildman–Crippen LogP) is 1.73. The minimum absolute atomic E-state index is 0.0370. The van der Waals surface area contributed by atoms with Crippen LogP contribution in [0.15, 0.2) is 11.8 Å². The molecule has 1 atom stereocenters. The molecule has 0 aromatic rings. The van der Waals surface area contributed by atoms with Crippen LogP contribution in [-0.2, 0) is 9.53 Å². The van der Waals surface area contributed by atoms with E-state index in [-0.39, 0.29) is 11.4 Å². The van der Waals surface area contributed by atoms with Gasteiger partial charge in [-0.25, -0.2) is 0 Å². The van der Waals surface area contributed by atoms with Gasteiger partial charge in [0.1, 0.15) is 0 Å². The molecule has 1 heterocycles. The van der Waals surface area contributed by atoms with Gasteiger partial charge in [0.15, 0.2) is 5.78 Å². The van der Waals surface area contributed by atoms with Gasteiger partial charge < -0.3 is 9.64 Å². The third-order valence-electron chi connectivity index (χ3n) is 3.51. The average Bonchev–Trinajstić information content (AvgIpc) is 2.65. The first-order valence-electron chi connectivity index (χ1n) is 5.66. The zero-order valence-corrected chi connectivity index (χ0v) is 9.58. The summed E-state index contributed by atoms with van der Waals surface area (Å²) >= 11 is 0. The normalized spacial score (nSPS) is 32.0. The molecular weight excluding hydrogens is 190 g/mol. The highest BCUT2D eigenvalue weighted by Crippen LogP contribution is 2.29. The van der Waals surface area contributed by atoms with E-state index in [1.807, 2.05) is 0 Å². The van der Waals surface area contributed by atoms with Gasteiger partial charge in [-0.1, -0.05) is 0 Å². The summed E-state index contributed by atoms with van der Waals surface area (Å²) in [7, 11) is 1.78. The van der Waals surface area contributed by atoms with Crippen molar-refractivity contribution in [2.24, 2.45) is 0 Å². The topological polar surface area (TPSA) is 29.5 Å². The van der Waals surface area contributed by atoms with E-state index in [2.05, 4.69) is 11.8 Å². The third-order valence-corrected chi connectivity index (χ3v) is 3.51. The molecule has 1 saturated heterocycles. The van der Waals surface area contributed by atoms with Crippen LogP contribution < -0.4 is 0 Å². The predicted molar refractivity (Wildman–Crippen MR) is 58.5 cm³/mol. The summed E-state index contributed by atoms with van der Waals surface area (Å²) in [6.45, 7) is 4.14. The first-order chi connectivity index (χ1) is 7.13. The number of nitrogens with zero attached hydrogens (tertiary/aromatic N) is 1. The van der Waals surface area contributed by atoms with Crippen LogP contribution >= 0.6 is 0 Å². The van der Waals surface area contributed by atoms with Crippen molar-refractivity contribution < 1.29 is 9.53 Å². The molecule has 2 aliphatic rings. The number of methoxy groups -OCH3 is 1. The number of hydrogen-bond donors (Lipinski definition) is 0. The number of piperidine rings is 1. The molecule has 0 aromatic carbocycles. The second-order valence-electron chi connectivity index (χ2n) is 4.78. The van der Waals surface area contributed by atoms with Crippen LogP contribution in [0, 0.1) is 0 Å². The molecule has 0 aromatic heterocycles. The molecule has 1 aliphatic carbocycles. The Morgan fingerprint density at radius 3 is 2.87 bits per heavy atom. The third kappa shape index (κ3) is 2.23. The van der Waals surface area contributed by atoms with E-state index in [1.54, 1.807) is 13.2 Å². The van der Waals surface area contributed by atoms with Crippen LogP contribution in [-0.4, -0.2) is 36.5 Å². The van der Waals surface area contributed by atoms with E-state index in [9.17, 15) is 4.79 Å². The van der Waals surface area contributed by atoms with E-state index >= 15 is 0 Å². The maximum atomic E-state index is 11.2. The second-order valence-corrected chi connectivity index (χ2v) is 4.78. The molecule has 15 heavy (non-hydrogen) atoms. The number of carbonyl (C=O) groups is 1. The first kappa shape index (κ1) is 10.7. The van der Waals surface area contributed by atoms with E-state index in [0.717, 1.165) is 32.4 Å². The van der Waals surface area contributed by atoms with Gasteiger partial charge in [-0.15, -0.1) is 0 Å². The van der Waals surface area contributed by atoms with E-state index < -0.39 is 0 Å². The zero-order chi connectivity index (χ0) is 10.9. The molecule has 0 spiro atoms. The number of likely N-dealkylation sites (tertiary alicyclic amines) is 1. The van der Waals surface area contributed by atoms with Crippen molar-refractivity contribution in [2.75, 3.05) is 20.2 Å². The van der Waals surface area contributed by atoms with E-state index in [1.165, 1.54) is 5.70 Å². The molecule has 0 radical (unpaired) electrons. The van der Waals surface area contributed by atoms with Gasteiger partial charge in [0.25, 0.3) is 0 Å². The Kier molecular flexibility index (Phi) is 2.83. The van der Waals surface area contributed by atoms with Crippen LogP contribution in [0.1, 0.15) is 32.6 Å². The minimum atomic E-state index is -0.0370. The van der Waals surface area contributed by atoms with Crippen molar-refractivity contribution in [3.63, 3.8) is 0 Å². The number of ketones is 1. The Bertz CT molecular complexity index is 298. The van der Waals surface area contributed by atoms with Crippen LogP contribution in [0.3, 0.4) is 0 Å². The summed E-state index contributed by atoms with van der Waals surface area (Å²) < 4.78 is 5.54. The molecule has 1 aliphatic heterocycles. The Morgan fingerprint density at radius 2 is 2.27 bits per heavy atom. The van der Waals surface area contributed by atoms with Gasteiger partial charge in [0, 0.05) is 38.4 Å². The Hall–Kier alpha value is -0.830. The van der Waals surface area contributed by atoms with Gasteiger partial charge in [0.05, 0.1) is 5.60 Å². The molecule has 0 saturated carbocycles. The number of hydrogen-bond acceptors (Lipinski definition) is 3. The monoisotopic (exact) mass is 209 g/mol. The number of rotatable bonds is 2. The first-order valence-corrected chi connectivity index (χ1v) is 5.66. The molecular formula is C12H19NO2. The SMILES string of the molecule is COC1(C)CCCN(C2=CC(=O)CC2)C1. The van der Waals surface area contributed by atoms with Crippen molar-refractivity contribution in [2.45, 2.75) is 38.2 Å². The molecule has 1 unspecified atom stereocenters. The quantitative estimate of drug-likeness (QED) is 0.693. The lowest BCUT2D eigenvalue weighted by Gasteiger charge is -2.41. The van der Waals surface area contributed by atoms with E-state index in [4.69, 9.17) is 4.74 Å². The van der Waals surface area contributed by atoms with Crippen LogP contribution in [0.4, 0.5) is 0 Å². The number of carbonyl (C=O) groups excluding carboxylic acids is 1. The van der Waals surface area contributed by atoms with Crippen molar-refractivity contribution in [3.05, 3.63) is 11.8 Å². The van der Waals surface area contributed by atoms with Crippen LogP contribution in [0.2, 0.25) is 0 Å².